The zero-order valence-corrected chi connectivity index (χ0v) is 14.8. The van der Waals surface area contributed by atoms with Gasteiger partial charge in [-0.25, -0.2) is 9.97 Å². The van der Waals surface area contributed by atoms with E-state index < -0.39 is 0 Å². The SMILES string of the molecule is c1ccc(-c2nc(NC3CCOC(C4CC4)C3)c3ccccc3n2)cc1. The van der Waals surface area contributed by atoms with E-state index in [4.69, 9.17) is 14.7 Å². The Balaban J connectivity index is 1.49. The number of hydrogen-bond donors (Lipinski definition) is 1. The normalized spacial score (nSPS) is 23.1. The number of fused-ring (bicyclic) bond motifs is 1. The fraction of sp³-hybridized carbons (Fsp3) is 0.364. The minimum atomic E-state index is 0.413. The van der Waals surface area contributed by atoms with Crippen LogP contribution in [0.3, 0.4) is 0 Å². The van der Waals surface area contributed by atoms with Crippen molar-refractivity contribution < 1.29 is 4.74 Å². The molecule has 1 aliphatic carbocycles. The first-order chi connectivity index (χ1) is 12.9. The van der Waals surface area contributed by atoms with Gasteiger partial charge in [0.15, 0.2) is 5.82 Å². The number of anilines is 1. The van der Waals surface area contributed by atoms with Crippen molar-refractivity contribution in [1.82, 2.24) is 9.97 Å². The Bertz CT molecular complexity index is 908. The van der Waals surface area contributed by atoms with Gasteiger partial charge in [-0.05, 0) is 43.7 Å². The smallest absolute Gasteiger partial charge is 0.162 e. The van der Waals surface area contributed by atoms with Crippen molar-refractivity contribution >= 4 is 16.7 Å². The minimum absolute atomic E-state index is 0.413. The Morgan fingerprint density at radius 3 is 2.54 bits per heavy atom. The molecule has 1 aliphatic heterocycles. The summed E-state index contributed by atoms with van der Waals surface area (Å²) in [7, 11) is 0. The molecule has 2 atom stereocenters. The zero-order chi connectivity index (χ0) is 17.3. The molecule has 26 heavy (non-hydrogen) atoms. The Kier molecular flexibility index (Phi) is 4.06. The van der Waals surface area contributed by atoms with Gasteiger partial charge in [0.05, 0.1) is 11.6 Å². The molecule has 2 heterocycles. The van der Waals surface area contributed by atoms with Crippen molar-refractivity contribution in [1.29, 1.82) is 0 Å². The molecule has 2 aromatic carbocycles. The van der Waals surface area contributed by atoms with Crippen LogP contribution in [0.25, 0.3) is 22.3 Å². The second-order valence-electron chi connectivity index (χ2n) is 7.39. The van der Waals surface area contributed by atoms with Crippen LogP contribution in [0.5, 0.6) is 0 Å². The van der Waals surface area contributed by atoms with Crippen LogP contribution in [-0.4, -0.2) is 28.7 Å². The van der Waals surface area contributed by atoms with Crippen LogP contribution in [0.4, 0.5) is 5.82 Å². The van der Waals surface area contributed by atoms with Gasteiger partial charge in [-0.15, -0.1) is 0 Å². The first kappa shape index (κ1) is 15.8. The van der Waals surface area contributed by atoms with Crippen molar-refractivity contribution in [2.45, 2.75) is 37.8 Å². The molecular weight excluding hydrogens is 322 g/mol. The highest BCUT2D eigenvalue weighted by Gasteiger charge is 2.36. The van der Waals surface area contributed by atoms with E-state index in [9.17, 15) is 0 Å². The van der Waals surface area contributed by atoms with E-state index in [-0.39, 0.29) is 0 Å². The third-order valence-electron chi connectivity index (χ3n) is 5.44. The number of nitrogens with one attached hydrogen (secondary N) is 1. The minimum Gasteiger partial charge on any atom is -0.378 e. The van der Waals surface area contributed by atoms with E-state index in [1.54, 1.807) is 0 Å². The van der Waals surface area contributed by atoms with E-state index in [0.29, 0.717) is 12.1 Å². The molecule has 2 unspecified atom stereocenters. The van der Waals surface area contributed by atoms with Crippen LogP contribution in [0, 0.1) is 5.92 Å². The summed E-state index contributed by atoms with van der Waals surface area (Å²) in [6.07, 6.45) is 5.17. The predicted octanol–water partition coefficient (Wildman–Crippen LogP) is 4.67. The highest BCUT2D eigenvalue weighted by atomic mass is 16.5. The number of ether oxygens (including phenoxy) is 1. The van der Waals surface area contributed by atoms with Crippen molar-refractivity contribution in [3.8, 4) is 11.4 Å². The number of benzene rings is 2. The van der Waals surface area contributed by atoms with Crippen LogP contribution < -0.4 is 5.32 Å². The molecule has 1 N–H and O–H groups in total. The van der Waals surface area contributed by atoms with Crippen LogP contribution >= 0.6 is 0 Å². The molecule has 132 valence electrons. The largest absolute Gasteiger partial charge is 0.378 e. The van der Waals surface area contributed by atoms with Crippen LogP contribution in [0.2, 0.25) is 0 Å². The number of nitrogens with zero attached hydrogens (tertiary/aromatic N) is 2. The molecular formula is C22H23N3O. The Labute approximate surface area is 153 Å². The Morgan fingerprint density at radius 1 is 0.885 bits per heavy atom. The van der Waals surface area contributed by atoms with E-state index in [2.05, 4.69) is 35.6 Å². The summed E-state index contributed by atoms with van der Waals surface area (Å²) < 4.78 is 5.98. The first-order valence-corrected chi connectivity index (χ1v) is 9.57. The van der Waals surface area contributed by atoms with Gasteiger partial charge in [-0.2, -0.15) is 0 Å². The standard InChI is InChI=1S/C22H23N3O/c1-2-6-16(7-3-1)21-24-19-9-5-4-8-18(19)22(25-21)23-17-12-13-26-20(14-17)15-10-11-15/h1-9,15,17,20H,10-14H2,(H,23,24,25). The molecule has 0 spiro atoms. The molecule has 0 bridgehead atoms. The van der Waals surface area contributed by atoms with Crippen molar-refractivity contribution in [3.05, 3.63) is 54.6 Å². The van der Waals surface area contributed by atoms with Crippen molar-refractivity contribution in [3.63, 3.8) is 0 Å². The third kappa shape index (κ3) is 3.17. The average molecular weight is 345 g/mol. The van der Waals surface area contributed by atoms with Gasteiger partial charge in [-0.3, -0.25) is 0 Å². The highest BCUT2D eigenvalue weighted by molar-refractivity contribution is 5.90. The second-order valence-corrected chi connectivity index (χ2v) is 7.39. The lowest BCUT2D eigenvalue weighted by Gasteiger charge is -2.31. The fourth-order valence-corrected chi connectivity index (χ4v) is 3.85. The maximum absolute atomic E-state index is 5.98. The summed E-state index contributed by atoms with van der Waals surface area (Å²) in [5.41, 5.74) is 2.03. The van der Waals surface area contributed by atoms with E-state index in [0.717, 1.165) is 53.5 Å². The predicted molar refractivity (Wildman–Crippen MR) is 104 cm³/mol. The monoisotopic (exact) mass is 345 g/mol. The summed E-state index contributed by atoms with van der Waals surface area (Å²) in [6, 6.07) is 18.9. The molecule has 1 saturated carbocycles. The first-order valence-electron chi connectivity index (χ1n) is 9.57. The Morgan fingerprint density at radius 2 is 1.69 bits per heavy atom. The van der Waals surface area contributed by atoms with Crippen LogP contribution in [0.15, 0.2) is 54.6 Å². The van der Waals surface area contributed by atoms with Gasteiger partial charge in [-0.1, -0.05) is 42.5 Å². The van der Waals surface area contributed by atoms with E-state index in [1.165, 1.54) is 12.8 Å². The number of rotatable bonds is 4. The fourth-order valence-electron chi connectivity index (χ4n) is 3.85. The molecule has 1 saturated heterocycles. The maximum Gasteiger partial charge on any atom is 0.162 e. The lowest BCUT2D eigenvalue weighted by atomic mass is 10.00. The molecule has 0 radical (unpaired) electrons. The molecule has 3 aromatic rings. The topological polar surface area (TPSA) is 47.0 Å². The molecule has 4 heteroatoms. The summed E-state index contributed by atoms with van der Waals surface area (Å²) in [4.78, 5) is 9.66. The number of aromatic nitrogens is 2. The van der Waals surface area contributed by atoms with Gasteiger partial charge in [0.2, 0.25) is 0 Å². The molecule has 2 fully saturated rings. The van der Waals surface area contributed by atoms with Crippen LogP contribution in [-0.2, 0) is 4.74 Å². The number of para-hydroxylation sites is 1. The van der Waals surface area contributed by atoms with Crippen molar-refractivity contribution in [2.75, 3.05) is 11.9 Å². The third-order valence-corrected chi connectivity index (χ3v) is 5.44. The molecule has 1 aromatic heterocycles. The molecule has 0 amide bonds. The van der Waals surface area contributed by atoms with Gasteiger partial charge < -0.3 is 10.1 Å². The molecule has 2 aliphatic rings. The van der Waals surface area contributed by atoms with E-state index >= 15 is 0 Å². The summed E-state index contributed by atoms with van der Waals surface area (Å²) in [5, 5.41) is 4.80. The van der Waals surface area contributed by atoms with Crippen molar-refractivity contribution in [2.24, 2.45) is 5.92 Å². The van der Waals surface area contributed by atoms with Gasteiger partial charge in [0.25, 0.3) is 0 Å². The highest BCUT2D eigenvalue weighted by Crippen LogP contribution is 2.38. The maximum atomic E-state index is 5.98. The van der Waals surface area contributed by atoms with Gasteiger partial charge in [0.1, 0.15) is 5.82 Å². The second kappa shape index (κ2) is 6.69. The lowest BCUT2D eigenvalue weighted by Crippen LogP contribution is -2.35. The molecule has 4 nitrogen and oxygen atoms in total. The van der Waals surface area contributed by atoms with Crippen LogP contribution in [0.1, 0.15) is 25.7 Å². The average Bonchev–Trinajstić information content (AvgIpc) is 3.54. The molecule has 5 rings (SSSR count). The van der Waals surface area contributed by atoms with Gasteiger partial charge in [0, 0.05) is 23.6 Å². The Hall–Kier alpha value is -2.46. The summed E-state index contributed by atoms with van der Waals surface area (Å²) in [5.74, 6) is 2.50. The summed E-state index contributed by atoms with van der Waals surface area (Å²) >= 11 is 0. The zero-order valence-electron chi connectivity index (χ0n) is 14.8. The van der Waals surface area contributed by atoms with Gasteiger partial charge >= 0.3 is 0 Å². The lowest BCUT2D eigenvalue weighted by molar-refractivity contribution is -0.00221. The quantitative estimate of drug-likeness (QED) is 0.747. The van der Waals surface area contributed by atoms with E-state index in [1.807, 2.05) is 24.3 Å². The summed E-state index contributed by atoms with van der Waals surface area (Å²) in [6.45, 7) is 0.841. The number of hydrogen-bond acceptors (Lipinski definition) is 4.